The van der Waals surface area contributed by atoms with Gasteiger partial charge in [0.05, 0.1) is 12.5 Å². The van der Waals surface area contributed by atoms with Crippen LogP contribution in [0.4, 0.5) is 0 Å². The van der Waals surface area contributed by atoms with Crippen LogP contribution in [-0.4, -0.2) is 49.4 Å². The van der Waals surface area contributed by atoms with Crippen LogP contribution in [0.3, 0.4) is 0 Å². The lowest BCUT2D eigenvalue weighted by Gasteiger charge is -2.41. The van der Waals surface area contributed by atoms with Crippen molar-refractivity contribution in [1.82, 2.24) is 10.2 Å². The van der Waals surface area contributed by atoms with Crippen molar-refractivity contribution in [3.63, 3.8) is 0 Å². The number of nitrogens with zero attached hydrogens (tertiary/aromatic N) is 1. The quantitative estimate of drug-likeness (QED) is 0.224. The lowest BCUT2D eigenvalue weighted by molar-refractivity contribution is -0.149. The van der Waals surface area contributed by atoms with Gasteiger partial charge in [0.1, 0.15) is 5.41 Å². The Morgan fingerprint density at radius 1 is 0.886 bits per heavy atom. The van der Waals surface area contributed by atoms with E-state index in [1.54, 1.807) is 11.9 Å². The average Bonchev–Trinajstić information content (AvgIpc) is 3.05. The standard InChI is InChI=1S/C38H40N2O4/c1-4-44-37(43)38(30-13-6-5-7-14-30)23-22-33(32-16-10-11-17-34(32)38)36(42)40(3)25-24-39-35(41)31-15-9-8-12-29(31)26-28-20-18-27(2)19-21-28/h5-21,33H,4,22-26H2,1-3H3,(H,39,41)/t33-,38+/m1/s1. The number of benzene rings is 4. The second-order valence-electron chi connectivity index (χ2n) is 11.5. The molecule has 5 rings (SSSR count). The Balaban J connectivity index is 1.28. The molecule has 1 aliphatic rings. The number of carbonyl (C=O) groups is 3. The fourth-order valence-electron chi connectivity index (χ4n) is 6.33. The van der Waals surface area contributed by atoms with Crippen LogP contribution in [0.2, 0.25) is 0 Å². The summed E-state index contributed by atoms with van der Waals surface area (Å²) in [7, 11) is 1.77. The molecule has 0 spiro atoms. The van der Waals surface area contributed by atoms with E-state index in [1.807, 2.05) is 85.8 Å². The number of esters is 1. The third kappa shape index (κ3) is 6.30. The Hall–Kier alpha value is -4.71. The molecule has 226 valence electrons. The number of likely N-dealkylation sites (N-methyl/N-ethyl adjacent to an activating group) is 1. The number of fused-ring (bicyclic) bond motifs is 1. The van der Waals surface area contributed by atoms with Gasteiger partial charge < -0.3 is 15.0 Å². The number of aryl methyl sites for hydroxylation is 1. The highest BCUT2D eigenvalue weighted by Crippen LogP contribution is 2.48. The Morgan fingerprint density at radius 3 is 2.32 bits per heavy atom. The molecule has 1 N–H and O–H groups in total. The van der Waals surface area contributed by atoms with E-state index in [-0.39, 0.29) is 24.4 Å². The van der Waals surface area contributed by atoms with E-state index in [2.05, 4.69) is 36.5 Å². The molecule has 0 aromatic heterocycles. The van der Waals surface area contributed by atoms with E-state index in [0.29, 0.717) is 37.9 Å². The summed E-state index contributed by atoms with van der Waals surface area (Å²) in [6, 6.07) is 33.4. The van der Waals surface area contributed by atoms with Crippen LogP contribution in [0.5, 0.6) is 0 Å². The second-order valence-corrected chi connectivity index (χ2v) is 11.5. The fraction of sp³-hybridized carbons (Fsp3) is 0.289. The van der Waals surface area contributed by atoms with E-state index in [1.165, 1.54) is 5.56 Å². The molecule has 44 heavy (non-hydrogen) atoms. The molecule has 2 amide bonds. The Morgan fingerprint density at radius 2 is 1.57 bits per heavy atom. The summed E-state index contributed by atoms with van der Waals surface area (Å²) in [6.45, 7) is 4.84. The number of carbonyl (C=O) groups excluding carboxylic acids is 3. The van der Waals surface area contributed by atoms with E-state index in [4.69, 9.17) is 4.74 Å². The maximum Gasteiger partial charge on any atom is 0.321 e. The average molecular weight is 589 g/mol. The molecule has 0 saturated heterocycles. The van der Waals surface area contributed by atoms with Crippen molar-refractivity contribution >= 4 is 17.8 Å². The van der Waals surface area contributed by atoms with Crippen molar-refractivity contribution in [2.45, 2.75) is 44.4 Å². The minimum Gasteiger partial charge on any atom is -0.465 e. The van der Waals surface area contributed by atoms with Crippen LogP contribution in [0, 0.1) is 6.92 Å². The summed E-state index contributed by atoms with van der Waals surface area (Å²) in [6.07, 6.45) is 1.64. The maximum atomic E-state index is 13.8. The van der Waals surface area contributed by atoms with Crippen LogP contribution in [0.15, 0.2) is 103 Å². The van der Waals surface area contributed by atoms with Crippen molar-refractivity contribution in [3.8, 4) is 0 Å². The predicted octanol–water partition coefficient (Wildman–Crippen LogP) is 6.20. The monoisotopic (exact) mass is 588 g/mol. The normalized spacial score (nSPS) is 17.3. The molecule has 6 heteroatoms. The zero-order valence-corrected chi connectivity index (χ0v) is 25.7. The molecule has 0 saturated carbocycles. The van der Waals surface area contributed by atoms with Crippen LogP contribution in [0.25, 0.3) is 0 Å². The first-order chi connectivity index (χ1) is 21.3. The first kappa shape index (κ1) is 30.7. The Bertz CT molecular complexity index is 1620. The lowest BCUT2D eigenvalue weighted by Crippen LogP contribution is -2.45. The van der Waals surface area contributed by atoms with E-state index >= 15 is 0 Å². The predicted molar refractivity (Wildman–Crippen MR) is 173 cm³/mol. The van der Waals surface area contributed by atoms with Gasteiger partial charge in [0.15, 0.2) is 0 Å². The topological polar surface area (TPSA) is 75.7 Å². The fourth-order valence-corrected chi connectivity index (χ4v) is 6.33. The van der Waals surface area contributed by atoms with E-state index in [0.717, 1.165) is 27.8 Å². The lowest BCUT2D eigenvalue weighted by atomic mass is 9.63. The van der Waals surface area contributed by atoms with Crippen LogP contribution < -0.4 is 5.32 Å². The molecule has 0 aliphatic heterocycles. The molecule has 0 unspecified atom stereocenters. The molecule has 2 atom stereocenters. The highest BCUT2D eigenvalue weighted by Gasteiger charge is 2.49. The van der Waals surface area contributed by atoms with Gasteiger partial charge in [0, 0.05) is 25.7 Å². The second kappa shape index (κ2) is 13.7. The van der Waals surface area contributed by atoms with Crippen LogP contribution >= 0.6 is 0 Å². The van der Waals surface area contributed by atoms with Crippen molar-refractivity contribution in [3.05, 3.63) is 142 Å². The number of amides is 2. The highest BCUT2D eigenvalue weighted by atomic mass is 16.5. The molecular formula is C38H40N2O4. The first-order valence-electron chi connectivity index (χ1n) is 15.3. The van der Waals surface area contributed by atoms with Crippen molar-refractivity contribution in [1.29, 1.82) is 0 Å². The van der Waals surface area contributed by atoms with Gasteiger partial charge in [0.2, 0.25) is 5.91 Å². The smallest absolute Gasteiger partial charge is 0.321 e. The molecule has 0 fully saturated rings. The Labute approximate surface area is 260 Å². The van der Waals surface area contributed by atoms with Crippen LogP contribution in [-0.2, 0) is 26.2 Å². The Kier molecular flexibility index (Phi) is 9.59. The van der Waals surface area contributed by atoms with Gasteiger partial charge >= 0.3 is 5.97 Å². The summed E-state index contributed by atoms with van der Waals surface area (Å²) in [5, 5.41) is 3.01. The molecule has 4 aromatic carbocycles. The van der Waals surface area contributed by atoms with Gasteiger partial charge in [-0.05, 0) is 67.0 Å². The number of nitrogens with one attached hydrogen (secondary N) is 1. The largest absolute Gasteiger partial charge is 0.465 e. The molecule has 1 aliphatic carbocycles. The zero-order chi connectivity index (χ0) is 31.1. The van der Waals surface area contributed by atoms with Gasteiger partial charge in [-0.1, -0.05) is 103 Å². The van der Waals surface area contributed by atoms with E-state index in [9.17, 15) is 14.4 Å². The summed E-state index contributed by atoms with van der Waals surface area (Å²) in [5.41, 5.74) is 5.51. The van der Waals surface area contributed by atoms with Gasteiger partial charge in [-0.25, -0.2) is 0 Å². The third-order valence-corrected chi connectivity index (χ3v) is 8.68. The molecule has 6 nitrogen and oxygen atoms in total. The molecule has 0 heterocycles. The summed E-state index contributed by atoms with van der Waals surface area (Å²) in [4.78, 5) is 42.3. The molecular weight excluding hydrogens is 548 g/mol. The van der Waals surface area contributed by atoms with Crippen molar-refractivity contribution < 1.29 is 19.1 Å². The molecule has 4 aromatic rings. The van der Waals surface area contributed by atoms with Gasteiger partial charge in [-0.15, -0.1) is 0 Å². The van der Waals surface area contributed by atoms with Crippen molar-refractivity contribution in [2.24, 2.45) is 0 Å². The number of rotatable bonds is 10. The number of hydrogen-bond acceptors (Lipinski definition) is 4. The first-order valence-corrected chi connectivity index (χ1v) is 15.3. The van der Waals surface area contributed by atoms with Gasteiger partial charge in [-0.2, -0.15) is 0 Å². The highest BCUT2D eigenvalue weighted by molar-refractivity contribution is 5.96. The zero-order valence-electron chi connectivity index (χ0n) is 25.7. The number of hydrogen-bond donors (Lipinski definition) is 1. The molecule has 0 radical (unpaired) electrons. The number of ether oxygens (including phenoxy) is 1. The SMILES string of the molecule is CCOC(=O)[C@]1(c2ccccc2)CC[C@@H](C(=O)N(C)CCNC(=O)c2ccccc2Cc2ccc(C)cc2)c2ccccc21. The van der Waals surface area contributed by atoms with Crippen molar-refractivity contribution in [2.75, 3.05) is 26.7 Å². The maximum absolute atomic E-state index is 13.8. The van der Waals surface area contributed by atoms with Crippen LogP contribution in [0.1, 0.15) is 69.4 Å². The third-order valence-electron chi connectivity index (χ3n) is 8.68. The minimum absolute atomic E-state index is 0.0306. The summed E-state index contributed by atoms with van der Waals surface area (Å²) in [5.74, 6) is -0.868. The summed E-state index contributed by atoms with van der Waals surface area (Å²) >= 11 is 0. The van der Waals surface area contributed by atoms with E-state index < -0.39 is 11.3 Å². The van der Waals surface area contributed by atoms with Gasteiger partial charge in [-0.3, -0.25) is 14.4 Å². The molecule has 0 bridgehead atoms. The van der Waals surface area contributed by atoms with Gasteiger partial charge in [0.25, 0.3) is 5.91 Å². The summed E-state index contributed by atoms with van der Waals surface area (Å²) < 4.78 is 5.62. The minimum atomic E-state index is -0.969.